The lowest BCUT2D eigenvalue weighted by Gasteiger charge is -2.27. The minimum atomic E-state index is -0.435. The first-order valence-electron chi connectivity index (χ1n) is 5.60. The molecule has 0 bridgehead atoms. The third-order valence-corrected chi connectivity index (χ3v) is 3.47. The van der Waals surface area contributed by atoms with Crippen LogP contribution >= 0.6 is 0 Å². The number of carbonyl (C=O) groups excluding carboxylic acids is 1. The highest BCUT2D eigenvalue weighted by atomic mass is 16.2. The summed E-state index contributed by atoms with van der Waals surface area (Å²) in [5.74, 6) is 0.00509. The number of hydrogen-bond acceptors (Lipinski definition) is 3. The molecule has 4 heteroatoms. The summed E-state index contributed by atoms with van der Waals surface area (Å²) >= 11 is 0. The lowest BCUT2D eigenvalue weighted by atomic mass is 9.84. The zero-order chi connectivity index (χ0) is 11.6. The predicted molar refractivity (Wildman–Crippen MR) is 62.8 cm³/mol. The van der Waals surface area contributed by atoms with Gasteiger partial charge in [-0.15, -0.1) is 0 Å². The average molecular weight is 219 g/mol. The molecule has 1 saturated carbocycles. The SMILES string of the molecule is CC1(C(=O)Nc2cccnc2)CCCC1N. The van der Waals surface area contributed by atoms with Crippen LogP contribution in [0.15, 0.2) is 24.5 Å². The molecule has 1 heterocycles. The van der Waals surface area contributed by atoms with Gasteiger partial charge in [-0.3, -0.25) is 9.78 Å². The van der Waals surface area contributed by atoms with E-state index in [2.05, 4.69) is 10.3 Å². The molecule has 2 rings (SSSR count). The van der Waals surface area contributed by atoms with Crippen molar-refractivity contribution in [2.24, 2.45) is 11.1 Å². The Morgan fingerprint density at radius 1 is 1.69 bits per heavy atom. The van der Waals surface area contributed by atoms with Crippen LogP contribution < -0.4 is 11.1 Å². The fourth-order valence-corrected chi connectivity index (χ4v) is 2.19. The number of aromatic nitrogens is 1. The number of pyridine rings is 1. The molecular formula is C12H17N3O. The molecule has 1 fully saturated rings. The summed E-state index contributed by atoms with van der Waals surface area (Å²) in [7, 11) is 0. The van der Waals surface area contributed by atoms with E-state index in [0.29, 0.717) is 0 Å². The fraction of sp³-hybridized carbons (Fsp3) is 0.500. The van der Waals surface area contributed by atoms with E-state index in [-0.39, 0.29) is 11.9 Å². The normalized spacial score (nSPS) is 29.0. The van der Waals surface area contributed by atoms with E-state index in [4.69, 9.17) is 5.73 Å². The molecular weight excluding hydrogens is 202 g/mol. The van der Waals surface area contributed by atoms with Crippen molar-refractivity contribution in [2.75, 3.05) is 5.32 Å². The monoisotopic (exact) mass is 219 g/mol. The van der Waals surface area contributed by atoms with E-state index >= 15 is 0 Å². The Balaban J connectivity index is 2.09. The van der Waals surface area contributed by atoms with Crippen molar-refractivity contribution < 1.29 is 4.79 Å². The predicted octanol–water partition coefficient (Wildman–Crippen LogP) is 1.54. The Hall–Kier alpha value is -1.42. The standard InChI is InChI=1S/C12H17N3O/c1-12(6-2-5-10(12)13)11(16)15-9-4-3-7-14-8-9/h3-4,7-8,10H,2,5-6,13H2,1H3,(H,15,16). The third-order valence-electron chi connectivity index (χ3n) is 3.47. The molecule has 1 aromatic heterocycles. The summed E-state index contributed by atoms with van der Waals surface area (Å²) in [5, 5.41) is 2.87. The largest absolute Gasteiger partial charge is 0.327 e. The number of nitrogens with one attached hydrogen (secondary N) is 1. The van der Waals surface area contributed by atoms with Gasteiger partial charge < -0.3 is 11.1 Å². The zero-order valence-corrected chi connectivity index (χ0v) is 9.44. The fourth-order valence-electron chi connectivity index (χ4n) is 2.19. The van der Waals surface area contributed by atoms with Crippen molar-refractivity contribution in [3.05, 3.63) is 24.5 Å². The van der Waals surface area contributed by atoms with Gasteiger partial charge in [0, 0.05) is 12.2 Å². The maximum atomic E-state index is 12.1. The quantitative estimate of drug-likeness (QED) is 0.792. The molecule has 86 valence electrons. The van der Waals surface area contributed by atoms with Gasteiger partial charge in [0.1, 0.15) is 0 Å². The molecule has 16 heavy (non-hydrogen) atoms. The van der Waals surface area contributed by atoms with Gasteiger partial charge >= 0.3 is 0 Å². The van der Waals surface area contributed by atoms with Crippen molar-refractivity contribution in [3.63, 3.8) is 0 Å². The van der Waals surface area contributed by atoms with Crippen molar-refractivity contribution in [1.29, 1.82) is 0 Å². The number of nitrogens with two attached hydrogens (primary N) is 1. The summed E-state index contributed by atoms with van der Waals surface area (Å²) in [5.41, 5.74) is 6.29. The van der Waals surface area contributed by atoms with Crippen LogP contribution in [0.3, 0.4) is 0 Å². The minimum Gasteiger partial charge on any atom is -0.327 e. The maximum absolute atomic E-state index is 12.1. The van der Waals surface area contributed by atoms with E-state index in [1.54, 1.807) is 18.5 Å². The number of anilines is 1. The third kappa shape index (κ3) is 1.93. The zero-order valence-electron chi connectivity index (χ0n) is 9.44. The Labute approximate surface area is 95.3 Å². The van der Waals surface area contributed by atoms with Gasteiger partial charge in [-0.1, -0.05) is 6.42 Å². The first-order valence-corrected chi connectivity index (χ1v) is 5.60. The molecule has 1 aliphatic carbocycles. The topological polar surface area (TPSA) is 68.0 Å². The molecule has 1 aromatic rings. The number of rotatable bonds is 2. The van der Waals surface area contributed by atoms with E-state index in [0.717, 1.165) is 24.9 Å². The molecule has 2 unspecified atom stereocenters. The Morgan fingerprint density at radius 3 is 3.06 bits per heavy atom. The van der Waals surface area contributed by atoms with Gasteiger partial charge in [-0.2, -0.15) is 0 Å². The summed E-state index contributed by atoms with van der Waals surface area (Å²) in [6, 6.07) is 3.59. The van der Waals surface area contributed by atoms with Crippen LogP contribution in [0.5, 0.6) is 0 Å². The second kappa shape index (κ2) is 4.22. The molecule has 3 N–H and O–H groups in total. The van der Waals surface area contributed by atoms with Crippen LogP contribution in [0.2, 0.25) is 0 Å². The van der Waals surface area contributed by atoms with Crippen molar-refractivity contribution in [3.8, 4) is 0 Å². The van der Waals surface area contributed by atoms with Crippen molar-refractivity contribution in [2.45, 2.75) is 32.2 Å². The Kier molecular flexibility index (Phi) is 2.92. The number of nitrogens with zero attached hydrogens (tertiary/aromatic N) is 1. The van der Waals surface area contributed by atoms with Crippen LogP contribution in [0.1, 0.15) is 26.2 Å². The number of hydrogen-bond donors (Lipinski definition) is 2. The molecule has 4 nitrogen and oxygen atoms in total. The van der Waals surface area contributed by atoms with Crippen LogP contribution in [0.25, 0.3) is 0 Å². The molecule has 1 aliphatic rings. The Bertz CT molecular complexity index is 379. The van der Waals surface area contributed by atoms with E-state index < -0.39 is 5.41 Å². The lowest BCUT2D eigenvalue weighted by Crippen LogP contribution is -2.44. The maximum Gasteiger partial charge on any atom is 0.231 e. The molecule has 0 aromatic carbocycles. The number of carbonyl (C=O) groups is 1. The molecule has 0 saturated heterocycles. The molecule has 0 aliphatic heterocycles. The second-order valence-electron chi connectivity index (χ2n) is 4.61. The Morgan fingerprint density at radius 2 is 2.50 bits per heavy atom. The van der Waals surface area contributed by atoms with Crippen molar-refractivity contribution in [1.82, 2.24) is 4.98 Å². The van der Waals surface area contributed by atoms with Gasteiger partial charge in [-0.25, -0.2) is 0 Å². The van der Waals surface area contributed by atoms with Gasteiger partial charge in [0.25, 0.3) is 0 Å². The molecule has 1 amide bonds. The minimum absolute atomic E-state index is 0.00509. The van der Waals surface area contributed by atoms with Gasteiger partial charge in [0.05, 0.1) is 17.3 Å². The second-order valence-corrected chi connectivity index (χ2v) is 4.61. The van der Waals surface area contributed by atoms with Gasteiger partial charge in [0.2, 0.25) is 5.91 Å². The first-order chi connectivity index (χ1) is 7.63. The van der Waals surface area contributed by atoms with Crippen LogP contribution in [-0.4, -0.2) is 16.9 Å². The van der Waals surface area contributed by atoms with E-state index in [1.165, 1.54) is 0 Å². The van der Waals surface area contributed by atoms with Crippen LogP contribution in [0.4, 0.5) is 5.69 Å². The highest BCUT2D eigenvalue weighted by molar-refractivity contribution is 5.95. The van der Waals surface area contributed by atoms with Crippen LogP contribution in [-0.2, 0) is 4.79 Å². The molecule has 2 atom stereocenters. The summed E-state index contributed by atoms with van der Waals surface area (Å²) in [4.78, 5) is 16.1. The van der Waals surface area contributed by atoms with Crippen LogP contribution in [0, 0.1) is 5.41 Å². The average Bonchev–Trinajstić information content (AvgIpc) is 2.62. The molecule has 0 radical (unpaired) electrons. The molecule has 0 spiro atoms. The van der Waals surface area contributed by atoms with Gasteiger partial charge in [0.15, 0.2) is 0 Å². The van der Waals surface area contributed by atoms with Crippen molar-refractivity contribution >= 4 is 11.6 Å². The summed E-state index contributed by atoms with van der Waals surface area (Å²) in [6.45, 7) is 1.94. The summed E-state index contributed by atoms with van der Waals surface area (Å²) in [6.07, 6.45) is 6.13. The smallest absolute Gasteiger partial charge is 0.231 e. The number of amides is 1. The summed E-state index contributed by atoms with van der Waals surface area (Å²) < 4.78 is 0. The van der Waals surface area contributed by atoms with E-state index in [1.807, 2.05) is 13.0 Å². The first kappa shape index (κ1) is 11.1. The van der Waals surface area contributed by atoms with E-state index in [9.17, 15) is 4.79 Å². The highest BCUT2D eigenvalue weighted by Crippen LogP contribution is 2.37. The highest BCUT2D eigenvalue weighted by Gasteiger charge is 2.42. The lowest BCUT2D eigenvalue weighted by molar-refractivity contribution is -0.125. The van der Waals surface area contributed by atoms with Gasteiger partial charge in [-0.05, 0) is 31.9 Å².